The van der Waals surface area contributed by atoms with Gasteiger partial charge in [-0.2, -0.15) is 0 Å². The van der Waals surface area contributed by atoms with E-state index in [0.29, 0.717) is 12.1 Å². The number of hydrogen-bond acceptors (Lipinski definition) is 2. The zero-order chi connectivity index (χ0) is 14.7. The van der Waals surface area contributed by atoms with E-state index in [2.05, 4.69) is 60.2 Å². The second-order valence-electron chi connectivity index (χ2n) is 6.35. The van der Waals surface area contributed by atoms with E-state index in [-0.39, 0.29) is 0 Å². The fourth-order valence-electron chi connectivity index (χ4n) is 3.27. The van der Waals surface area contributed by atoms with Crippen LogP contribution in [0.4, 0.5) is 0 Å². The summed E-state index contributed by atoms with van der Waals surface area (Å²) in [6.45, 7) is 6.84. The van der Waals surface area contributed by atoms with Crippen LogP contribution < -0.4 is 10.1 Å². The fourth-order valence-corrected chi connectivity index (χ4v) is 3.61. The number of ether oxygens (including phenoxy) is 1. The van der Waals surface area contributed by atoms with Crippen LogP contribution in [0, 0.1) is 11.8 Å². The number of halogens is 1. The molecule has 3 heteroatoms. The van der Waals surface area contributed by atoms with E-state index in [0.717, 1.165) is 22.1 Å². The largest absolute Gasteiger partial charge is 0.490 e. The van der Waals surface area contributed by atoms with Gasteiger partial charge in [0.25, 0.3) is 0 Å². The van der Waals surface area contributed by atoms with Gasteiger partial charge in [-0.1, -0.05) is 35.8 Å². The molecule has 0 saturated heterocycles. The van der Waals surface area contributed by atoms with Gasteiger partial charge in [-0.05, 0) is 57.2 Å². The first-order valence-electron chi connectivity index (χ1n) is 7.63. The third kappa shape index (κ3) is 3.98. The van der Waals surface area contributed by atoms with Crippen LogP contribution in [0.3, 0.4) is 0 Å². The second-order valence-corrected chi connectivity index (χ2v) is 7.27. The van der Waals surface area contributed by atoms with Gasteiger partial charge in [0.2, 0.25) is 0 Å². The Balaban J connectivity index is 2.17. The summed E-state index contributed by atoms with van der Waals surface area (Å²) in [6, 6.07) is 6.64. The van der Waals surface area contributed by atoms with Crippen molar-refractivity contribution in [2.75, 3.05) is 7.05 Å². The lowest BCUT2D eigenvalue weighted by atomic mass is 9.82. The Morgan fingerprint density at radius 2 is 1.85 bits per heavy atom. The minimum Gasteiger partial charge on any atom is -0.490 e. The molecule has 0 spiro atoms. The summed E-state index contributed by atoms with van der Waals surface area (Å²) >= 11 is 3.56. The molecule has 0 aliphatic heterocycles. The topological polar surface area (TPSA) is 21.3 Å². The molecule has 1 aliphatic carbocycles. The van der Waals surface area contributed by atoms with Crippen molar-refractivity contribution in [1.29, 1.82) is 0 Å². The van der Waals surface area contributed by atoms with Crippen LogP contribution in [0.25, 0.3) is 0 Å². The molecule has 1 aromatic rings. The molecule has 1 aromatic carbocycles. The highest BCUT2D eigenvalue weighted by Crippen LogP contribution is 2.35. The summed E-state index contributed by atoms with van der Waals surface area (Å²) in [5.74, 6) is 2.55. The van der Waals surface area contributed by atoms with Crippen molar-refractivity contribution in [3.8, 4) is 5.75 Å². The maximum absolute atomic E-state index is 6.36. The molecular weight excluding hydrogens is 314 g/mol. The first-order valence-corrected chi connectivity index (χ1v) is 8.42. The molecular formula is C17H26BrNO. The van der Waals surface area contributed by atoms with Gasteiger partial charge in [0.05, 0.1) is 6.10 Å². The standard InChI is InChI=1S/C17H26BrNO/c1-11-7-12(2)9-15(8-11)20-17-10-14(18)5-6-16(17)13(3)19-4/h5-6,10-13,15,19H,7-9H2,1-4H3. The highest BCUT2D eigenvalue weighted by atomic mass is 79.9. The minimum atomic E-state index is 0.302. The molecule has 3 unspecified atom stereocenters. The molecule has 20 heavy (non-hydrogen) atoms. The zero-order valence-electron chi connectivity index (χ0n) is 12.9. The number of hydrogen-bond donors (Lipinski definition) is 1. The first-order chi connectivity index (χ1) is 9.49. The van der Waals surface area contributed by atoms with Crippen LogP contribution in [0.2, 0.25) is 0 Å². The van der Waals surface area contributed by atoms with Gasteiger partial charge in [-0.25, -0.2) is 0 Å². The molecule has 1 saturated carbocycles. The van der Waals surface area contributed by atoms with Crippen molar-refractivity contribution in [1.82, 2.24) is 5.32 Å². The smallest absolute Gasteiger partial charge is 0.125 e. The van der Waals surface area contributed by atoms with Crippen LogP contribution in [-0.2, 0) is 0 Å². The van der Waals surface area contributed by atoms with Crippen LogP contribution in [0.15, 0.2) is 22.7 Å². The molecule has 0 bridgehead atoms. The van der Waals surface area contributed by atoms with Crippen molar-refractivity contribution < 1.29 is 4.74 Å². The lowest BCUT2D eigenvalue weighted by Crippen LogP contribution is -2.29. The molecule has 1 fully saturated rings. The average molecular weight is 340 g/mol. The predicted molar refractivity (Wildman–Crippen MR) is 88.2 cm³/mol. The lowest BCUT2D eigenvalue weighted by Gasteiger charge is -2.32. The Morgan fingerprint density at radius 3 is 2.45 bits per heavy atom. The molecule has 0 radical (unpaired) electrons. The van der Waals surface area contributed by atoms with Gasteiger partial charge in [0, 0.05) is 16.1 Å². The Bertz CT molecular complexity index is 439. The minimum absolute atomic E-state index is 0.302. The summed E-state index contributed by atoms with van der Waals surface area (Å²) in [7, 11) is 1.99. The Morgan fingerprint density at radius 1 is 1.20 bits per heavy atom. The fraction of sp³-hybridized carbons (Fsp3) is 0.647. The van der Waals surface area contributed by atoms with Gasteiger partial charge in [0.1, 0.15) is 5.75 Å². The van der Waals surface area contributed by atoms with Crippen molar-refractivity contribution >= 4 is 15.9 Å². The molecule has 0 aromatic heterocycles. The van der Waals surface area contributed by atoms with E-state index >= 15 is 0 Å². The summed E-state index contributed by atoms with van der Waals surface area (Å²) < 4.78 is 7.44. The van der Waals surface area contributed by atoms with E-state index in [9.17, 15) is 0 Å². The number of benzene rings is 1. The van der Waals surface area contributed by atoms with Gasteiger partial charge in [-0.15, -0.1) is 0 Å². The van der Waals surface area contributed by atoms with E-state index in [1.807, 2.05) is 7.05 Å². The Kier molecular flexibility index (Phi) is 5.50. The maximum atomic E-state index is 6.36. The SMILES string of the molecule is CNC(C)c1ccc(Br)cc1OC1CC(C)CC(C)C1. The van der Waals surface area contributed by atoms with Gasteiger partial charge in [-0.3, -0.25) is 0 Å². The highest BCUT2D eigenvalue weighted by Gasteiger charge is 2.26. The second kappa shape index (κ2) is 6.95. The van der Waals surface area contributed by atoms with Gasteiger partial charge in [0.15, 0.2) is 0 Å². The first kappa shape index (κ1) is 15.8. The molecule has 0 amide bonds. The molecule has 112 valence electrons. The van der Waals surface area contributed by atoms with E-state index in [1.165, 1.54) is 24.8 Å². The van der Waals surface area contributed by atoms with Crippen molar-refractivity contribution in [3.05, 3.63) is 28.2 Å². The van der Waals surface area contributed by atoms with E-state index in [1.54, 1.807) is 0 Å². The van der Waals surface area contributed by atoms with Crippen LogP contribution in [0.5, 0.6) is 5.75 Å². The predicted octanol–water partition coefficient (Wildman–Crippen LogP) is 4.93. The van der Waals surface area contributed by atoms with E-state index in [4.69, 9.17) is 4.74 Å². The summed E-state index contributed by atoms with van der Waals surface area (Å²) in [6.07, 6.45) is 4.03. The Hall–Kier alpha value is -0.540. The Labute approximate surface area is 131 Å². The lowest BCUT2D eigenvalue weighted by molar-refractivity contribution is 0.0995. The maximum Gasteiger partial charge on any atom is 0.125 e. The van der Waals surface area contributed by atoms with Crippen molar-refractivity contribution in [2.45, 2.75) is 52.2 Å². The van der Waals surface area contributed by atoms with E-state index < -0.39 is 0 Å². The summed E-state index contributed by atoms with van der Waals surface area (Å²) in [5.41, 5.74) is 1.24. The van der Waals surface area contributed by atoms with Gasteiger partial charge >= 0.3 is 0 Å². The molecule has 3 atom stereocenters. The van der Waals surface area contributed by atoms with Crippen LogP contribution in [-0.4, -0.2) is 13.2 Å². The van der Waals surface area contributed by atoms with Gasteiger partial charge < -0.3 is 10.1 Å². The van der Waals surface area contributed by atoms with Crippen LogP contribution in [0.1, 0.15) is 51.6 Å². The normalized spacial score (nSPS) is 28.1. The van der Waals surface area contributed by atoms with Crippen molar-refractivity contribution in [3.63, 3.8) is 0 Å². The highest BCUT2D eigenvalue weighted by molar-refractivity contribution is 9.10. The summed E-state index contributed by atoms with van der Waals surface area (Å²) in [5, 5.41) is 3.30. The monoisotopic (exact) mass is 339 g/mol. The third-order valence-corrected chi connectivity index (χ3v) is 4.80. The average Bonchev–Trinajstić information content (AvgIpc) is 2.37. The molecule has 1 N–H and O–H groups in total. The number of rotatable bonds is 4. The molecule has 2 rings (SSSR count). The molecule has 2 nitrogen and oxygen atoms in total. The summed E-state index contributed by atoms with van der Waals surface area (Å²) in [4.78, 5) is 0. The number of nitrogens with one attached hydrogen (secondary N) is 1. The quantitative estimate of drug-likeness (QED) is 0.839. The molecule has 0 heterocycles. The van der Waals surface area contributed by atoms with Crippen molar-refractivity contribution in [2.24, 2.45) is 11.8 Å². The molecule has 1 aliphatic rings. The zero-order valence-corrected chi connectivity index (χ0v) is 14.5. The third-order valence-electron chi connectivity index (χ3n) is 4.30. The van der Waals surface area contributed by atoms with Crippen LogP contribution >= 0.6 is 15.9 Å².